The molecule has 7 heteroatoms. The molecule has 3 rings (SSSR count). The number of thioether (sulfide) groups is 1. The van der Waals surface area contributed by atoms with Gasteiger partial charge in [-0.1, -0.05) is 23.9 Å². The van der Waals surface area contributed by atoms with E-state index in [2.05, 4.69) is 20.6 Å². The summed E-state index contributed by atoms with van der Waals surface area (Å²) in [5.41, 5.74) is 0.867. The van der Waals surface area contributed by atoms with Crippen LogP contribution in [0.5, 0.6) is 0 Å². The van der Waals surface area contributed by atoms with Gasteiger partial charge in [0.15, 0.2) is 5.16 Å². The normalized spacial score (nSPS) is 18.5. The monoisotopic (exact) mass is 346 g/mol. The number of aromatic nitrogens is 2. The van der Waals surface area contributed by atoms with Gasteiger partial charge in [0.25, 0.3) is 0 Å². The first kappa shape index (κ1) is 17.0. The molecule has 6 nitrogen and oxygen atoms in total. The number of benzene rings is 1. The molecule has 1 fully saturated rings. The van der Waals surface area contributed by atoms with Gasteiger partial charge in [-0.15, -0.1) is 0 Å². The second kappa shape index (κ2) is 7.81. The number of nitrogens with zero attached hydrogens (tertiary/aromatic N) is 2. The van der Waals surface area contributed by atoms with E-state index in [0.717, 1.165) is 36.2 Å². The molecule has 0 saturated carbocycles. The fraction of sp³-hybridized carbons (Fsp3) is 0.471. The van der Waals surface area contributed by atoms with Gasteiger partial charge < -0.3 is 15.4 Å². The Kier molecular flexibility index (Phi) is 5.52. The van der Waals surface area contributed by atoms with Gasteiger partial charge in [0.2, 0.25) is 5.91 Å². The number of anilines is 1. The second-order valence-corrected chi connectivity index (χ2v) is 7.07. The summed E-state index contributed by atoms with van der Waals surface area (Å²) in [7, 11) is 1.83. The van der Waals surface area contributed by atoms with Crippen molar-refractivity contribution in [2.24, 2.45) is 0 Å². The number of hydrogen-bond acceptors (Lipinski definition) is 6. The number of ether oxygens (including phenoxy) is 1. The summed E-state index contributed by atoms with van der Waals surface area (Å²) in [5.74, 6) is 0.758. The Balaban J connectivity index is 1.65. The molecule has 1 amide bonds. The molecule has 2 N–H and O–H groups in total. The number of para-hydroxylation sites is 1. The van der Waals surface area contributed by atoms with Crippen LogP contribution in [0.4, 0.5) is 5.82 Å². The Morgan fingerprint density at radius 2 is 2.25 bits per heavy atom. The quantitative estimate of drug-likeness (QED) is 0.618. The Hall–Kier alpha value is -1.86. The lowest BCUT2D eigenvalue weighted by atomic mass is 10.2. The molecule has 0 bridgehead atoms. The van der Waals surface area contributed by atoms with Crippen molar-refractivity contribution in [2.75, 3.05) is 25.5 Å². The second-order valence-electron chi connectivity index (χ2n) is 5.76. The minimum Gasteiger partial charge on any atom is -0.376 e. The molecule has 24 heavy (non-hydrogen) atoms. The Labute approximate surface area is 145 Å². The van der Waals surface area contributed by atoms with Crippen LogP contribution in [0, 0.1) is 0 Å². The van der Waals surface area contributed by atoms with Gasteiger partial charge in [-0.2, -0.15) is 0 Å². The zero-order valence-corrected chi connectivity index (χ0v) is 14.7. The topological polar surface area (TPSA) is 76.1 Å². The Bertz CT molecular complexity index is 719. The van der Waals surface area contributed by atoms with E-state index in [-0.39, 0.29) is 17.3 Å². The first-order valence-electron chi connectivity index (χ1n) is 8.18. The van der Waals surface area contributed by atoms with Gasteiger partial charge in [0, 0.05) is 25.6 Å². The summed E-state index contributed by atoms with van der Waals surface area (Å²) >= 11 is 1.36. The van der Waals surface area contributed by atoms with Crippen LogP contribution in [0.15, 0.2) is 29.4 Å². The predicted octanol–water partition coefficient (Wildman–Crippen LogP) is 2.45. The first-order valence-corrected chi connectivity index (χ1v) is 9.06. The predicted molar refractivity (Wildman–Crippen MR) is 96.4 cm³/mol. The fourth-order valence-electron chi connectivity index (χ4n) is 2.67. The van der Waals surface area contributed by atoms with E-state index >= 15 is 0 Å². The summed E-state index contributed by atoms with van der Waals surface area (Å²) in [4.78, 5) is 21.3. The maximum atomic E-state index is 12.3. The molecule has 1 aliphatic rings. The molecule has 1 saturated heterocycles. The molecule has 1 aromatic carbocycles. The highest BCUT2D eigenvalue weighted by Crippen LogP contribution is 2.26. The van der Waals surface area contributed by atoms with Gasteiger partial charge in [-0.05, 0) is 31.9 Å². The molecular weight excluding hydrogens is 324 g/mol. The van der Waals surface area contributed by atoms with Gasteiger partial charge >= 0.3 is 0 Å². The third-order valence-electron chi connectivity index (χ3n) is 4.00. The Morgan fingerprint density at radius 3 is 3.00 bits per heavy atom. The summed E-state index contributed by atoms with van der Waals surface area (Å²) in [6.07, 6.45) is 2.24. The summed E-state index contributed by atoms with van der Waals surface area (Å²) in [6, 6.07) is 7.83. The lowest BCUT2D eigenvalue weighted by Crippen LogP contribution is -2.36. The smallest absolute Gasteiger partial charge is 0.233 e. The molecule has 0 radical (unpaired) electrons. The largest absolute Gasteiger partial charge is 0.376 e. The van der Waals surface area contributed by atoms with Crippen LogP contribution in [0.1, 0.15) is 19.8 Å². The van der Waals surface area contributed by atoms with Crippen LogP contribution in [0.25, 0.3) is 10.9 Å². The third-order valence-corrected chi connectivity index (χ3v) is 4.96. The van der Waals surface area contributed by atoms with E-state index < -0.39 is 0 Å². The zero-order chi connectivity index (χ0) is 16.9. The molecule has 1 aromatic heterocycles. The van der Waals surface area contributed by atoms with Crippen molar-refractivity contribution in [3.05, 3.63) is 24.3 Å². The summed E-state index contributed by atoms with van der Waals surface area (Å²) in [5, 5.41) is 7.35. The van der Waals surface area contributed by atoms with Crippen molar-refractivity contribution >= 4 is 34.4 Å². The van der Waals surface area contributed by atoms with E-state index in [0.29, 0.717) is 11.7 Å². The average Bonchev–Trinajstić information content (AvgIpc) is 3.12. The zero-order valence-electron chi connectivity index (χ0n) is 13.9. The maximum Gasteiger partial charge on any atom is 0.233 e. The van der Waals surface area contributed by atoms with Crippen LogP contribution in [-0.4, -0.2) is 47.4 Å². The van der Waals surface area contributed by atoms with Crippen LogP contribution in [-0.2, 0) is 9.53 Å². The number of nitrogens with one attached hydrogen (secondary N) is 2. The van der Waals surface area contributed by atoms with Crippen molar-refractivity contribution in [2.45, 2.75) is 36.3 Å². The highest BCUT2D eigenvalue weighted by Gasteiger charge is 2.20. The standard InChI is InChI=1S/C17H22N4O2S/c1-11(16(22)19-10-12-6-5-9-23-12)24-17-20-14-8-4-3-7-13(14)15(18-2)21-17/h3-4,7-8,11-12H,5-6,9-10H2,1-2H3,(H,19,22)(H,18,20,21)/t11-,12+/m1/s1. The van der Waals surface area contributed by atoms with Crippen molar-refractivity contribution in [3.63, 3.8) is 0 Å². The number of amides is 1. The Morgan fingerprint density at radius 1 is 1.42 bits per heavy atom. The van der Waals surface area contributed by atoms with Gasteiger partial charge in [-0.3, -0.25) is 4.79 Å². The molecular formula is C17H22N4O2S. The van der Waals surface area contributed by atoms with Crippen LogP contribution < -0.4 is 10.6 Å². The highest BCUT2D eigenvalue weighted by atomic mass is 32.2. The lowest BCUT2D eigenvalue weighted by Gasteiger charge is -2.15. The maximum absolute atomic E-state index is 12.3. The molecule has 0 spiro atoms. The van der Waals surface area contributed by atoms with Gasteiger partial charge in [0.05, 0.1) is 16.9 Å². The van der Waals surface area contributed by atoms with E-state index in [4.69, 9.17) is 4.74 Å². The molecule has 0 aliphatic carbocycles. The van der Waals surface area contributed by atoms with Crippen LogP contribution in [0.3, 0.4) is 0 Å². The fourth-order valence-corrected chi connectivity index (χ4v) is 3.48. The van der Waals surface area contributed by atoms with E-state index in [1.54, 1.807) is 0 Å². The molecule has 2 atom stereocenters. The van der Waals surface area contributed by atoms with Crippen molar-refractivity contribution in [1.82, 2.24) is 15.3 Å². The number of carbonyl (C=O) groups excluding carboxylic acids is 1. The minimum atomic E-state index is -0.266. The number of hydrogen-bond donors (Lipinski definition) is 2. The molecule has 128 valence electrons. The number of fused-ring (bicyclic) bond motifs is 1. The van der Waals surface area contributed by atoms with Crippen LogP contribution in [0.2, 0.25) is 0 Å². The lowest BCUT2D eigenvalue weighted by molar-refractivity contribution is -0.120. The first-order chi connectivity index (χ1) is 11.7. The van der Waals surface area contributed by atoms with E-state index in [9.17, 15) is 4.79 Å². The third kappa shape index (κ3) is 3.96. The van der Waals surface area contributed by atoms with Crippen LogP contribution >= 0.6 is 11.8 Å². The number of rotatable bonds is 6. The molecule has 0 unspecified atom stereocenters. The molecule has 1 aliphatic heterocycles. The molecule has 2 heterocycles. The summed E-state index contributed by atoms with van der Waals surface area (Å²) < 4.78 is 5.53. The van der Waals surface area contributed by atoms with Gasteiger partial charge in [0.1, 0.15) is 5.82 Å². The minimum absolute atomic E-state index is 0.0155. The summed E-state index contributed by atoms with van der Waals surface area (Å²) in [6.45, 7) is 3.24. The van der Waals surface area contributed by atoms with E-state index in [1.807, 2.05) is 38.2 Å². The van der Waals surface area contributed by atoms with E-state index in [1.165, 1.54) is 11.8 Å². The highest BCUT2D eigenvalue weighted by molar-refractivity contribution is 8.00. The number of carbonyl (C=O) groups is 1. The van der Waals surface area contributed by atoms with Crippen molar-refractivity contribution in [1.29, 1.82) is 0 Å². The van der Waals surface area contributed by atoms with Crippen molar-refractivity contribution < 1.29 is 9.53 Å². The van der Waals surface area contributed by atoms with Crippen molar-refractivity contribution in [3.8, 4) is 0 Å². The SMILES string of the molecule is CNc1nc(S[C@H](C)C(=O)NC[C@@H]2CCCO2)nc2ccccc12. The average molecular weight is 346 g/mol. The van der Waals surface area contributed by atoms with Gasteiger partial charge in [-0.25, -0.2) is 9.97 Å². The molecule has 2 aromatic rings.